The number of hydrogen-bond donors (Lipinski definition) is 1. The van der Waals surface area contributed by atoms with Crippen LogP contribution in [0.2, 0.25) is 0 Å². The molecule has 1 aromatic heterocycles. The minimum Gasteiger partial charge on any atom is -0.491 e. The number of ether oxygens (including phenoxy) is 1. The number of hydrogen-bond acceptors (Lipinski definition) is 6. The van der Waals surface area contributed by atoms with Crippen molar-refractivity contribution in [1.29, 1.82) is 0 Å². The molecule has 0 saturated carbocycles. The lowest BCUT2D eigenvalue weighted by Gasteiger charge is -2.23. The van der Waals surface area contributed by atoms with Crippen molar-refractivity contribution in [2.24, 2.45) is 5.92 Å². The van der Waals surface area contributed by atoms with Gasteiger partial charge in [0, 0.05) is 27.2 Å². The number of methoxy groups -OCH3 is 1. The molecule has 13 heteroatoms. The Labute approximate surface area is 148 Å². The molecule has 1 aliphatic heterocycles. The predicted octanol–water partition coefficient (Wildman–Crippen LogP) is 0.771. The highest BCUT2D eigenvalue weighted by molar-refractivity contribution is 7.89. The molecule has 0 spiro atoms. The number of nitrogens with zero attached hydrogens (tertiary/aromatic N) is 4. The Kier molecular flexibility index (Phi) is 5.61. The summed E-state index contributed by atoms with van der Waals surface area (Å²) < 4.78 is 70.1. The topological polar surface area (TPSA) is 105 Å². The Morgan fingerprint density at radius 2 is 2.04 bits per heavy atom. The van der Waals surface area contributed by atoms with E-state index >= 15 is 0 Å². The van der Waals surface area contributed by atoms with Crippen LogP contribution in [0.5, 0.6) is 5.75 Å². The average molecular weight is 397 g/mol. The van der Waals surface area contributed by atoms with Crippen molar-refractivity contribution >= 4 is 21.9 Å². The minimum atomic E-state index is -4.77. The van der Waals surface area contributed by atoms with Gasteiger partial charge in [0.05, 0.1) is 19.2 Å². The number of halogens is 3. The maximum atomic E-state index is 13.3. The number of alkyl halides is 3. The maximum Gasteiger partial charge on any atom is 0.394 e. The Morgan fingerprint density at radius 3 is 2.58 bits per heavy atom. The molecular formula is C13H18F3N5O4S. The normalized spacial score (nSPS) is 21.1. The van der Waals surface area contributed by atoms with Gasteiger partial charge in [-0.15, -0.1) is 0 Å². The number of urea groups is 1. The highest BCUT2D eigenvalue weighted by Gasteiger charge is 2.56. The monoisotopic (exact) mass is 397 g/mol. The first kappa shape index (κ1) is 20.2. The van der Waals surface area contributed by atoms with Crippen molar-refractivity contribution in [2.75, 3.05) is 39.6 Å². The SMILES string of the molecule is COc1cncnc1NC(=O)N1C[C@H](C(F)(F)F)[C@@H](S(=O)(=O)N(C)C)C1. The van der Waals surface area contributed by atoms with Crippen molar-refractivity contribution in [3.05, 3.63) is 12.5 Å². The van der Waals surface area contributed by atoms with Gasteiger partial charge in [0.15, 0.2) is 11.6 Å². The lowest BCUT2D eigenvalue weighted by atomic mass is 10.1. The summed E-state index contributed by atoms with van der Waals surface area (Å²) in [5.74, 6) is -2.10. The molecule has 1 aromatic rings. The van der Waals surface area contributed by atoms with Gasteiger partial charge in [-0.25, -0.2) is 27.5 Å². The molecule has 146 valence electrons. The lowest BCUT2D eigenvalue weighted by Crippen LogP contribution is -2.43. The van der Waals surface area contributed by atoms with E-state index in [1.54, 1.807) is 0 Å². The summed E-state index contributed by atoms with van der Waals surface area (Å²) in [7, 11) is -0.610. The third-order valence-electron chi connectivity index (χ3n) is 3.99. The molecule has 1 saturated heterocycles. The molecule has 1 N–H and O–H groups in total. The Morgan fingerprint density at radius 1 is 1.38 bits per heavy atom. The molecule has 2 atom stereocenters. The van der Waals surface area contributed by atoms with Crippen LogP contribution in [0.1, 0.15) is 0 Å². The van der Waals surface area contributed by atoms with E-state index in [0.717, 1.165) is 29.6 Å². The standard InChI is InChI=1S/C13H18F3N5O4S/c1-20(2)26(23,24)10-6-21(5-8(10)13(14,15)16)12(22)19-11-9(25-3)4-17-7-18-11/h4,7-8,10H,5-6H2,1-3H3,(H,17,18,19,22)/t8-,10-/m0/s1. The van der Waals surface area contributed by atoms with Crippen molar-refractivity contribution in [2.45, 2.75) is 11.4 Å². The summed E-state index contributed by atoms with van der Waals surface area (Å²) in [6.45, 7) is -1.37. The number of amides is 2. The van der Waals surface area contributed by atoms with Gasteiger partial charge in [0.1, 0.15) is 11.6 Å². The molecule has 2 amide bonds. The molecule has 0 bridgehead atoms. The number of aromatic nitrogens is 2. The maximum absolute atomic E-state index is 13.3. The molecule has 0 unspecified atom stereocenters. The molecule has 9 nitrogen and oxygen atoms in total. The fraction of sp³-hybridized carbons (Fsp3) is 0.615. The first-order chi connectivity index (χ1) is 12.0. The van der Waals surface area contributed by atoms with Crippen LogP contribution < -0.4 is 10.1 Å². The van der Waals surface area contributed by atoms with Gasteiger partial charge in [0.25, 0.3) is 0 Å². The first-order valence-electron chi connectivity index (χ1n) is 7.36. The molecular weight excluding hydrogens is 379 g/mol. The third-order valence-corrected chi connectivity index (χ3v) is 6.25. The van der Waals surface area contributed by atoms with E-state index in [0.29, 0.717) is 0 Å². The van der Waals surface area contributed by atoms with Gasteiger partial charge in [-0.05, 0) is 0 Å². The van der Waals surface area contributed by atoms with Crippen LogP contribution in [0, 0.1) is 5.92 Å². The molecule has 2 rings (SSSR count). The second kappa shape index (κ2) is 7.23. The van der Waals surface area contributed by atoms with E-state index in [9.17, 15) is 26.4 Å². The molecule has 0 radical (unpaired) electrons. The quantitative estimate of drug-likeness (QED) is 0.805. The first-order valence-corrected chi connectivity index (χ1v) is 8.86. The minimum absolute atomic E-state index is 0.0324. The van der Waals surface area contributed by atoms with E-state index in [2.05, 4.69) is 15.3 Å². The summed E-state index contributed by atoms with van der Waals surface area (Å²) in [5, 5.41) is 0.530. The second-order valence-electron chi connectivity index (χ2n) is 5.79. The van der Waals surface area contributed by atoms with Crippen LogP contribution in [0.15, 0.2) is 12.5 Å². The van der Waals surface area contributed by atoms with Gasteiger partial charge < -0.3 is 9.64 Å². The highest BCUT2D eigenvalue weighted by Crippen LogP contribution is 2.38. The van der Waals surface area contributed by atoms with Crippen molar-refractivity contribution in [3.63, 3.8) is 0 Å². The van der Waals surface area contributed by atoms with Gasteiger partial charge in [-0.2, -0.15) is 13.2 Å². The van der Waals surface area contributed by atoms with E-state index in [4.69, 9.17) is 4.74 Å². The summed E-state index contributed by atoms with van der Waals surface area (Å²) in [6.07, 6.45) is -2.38. The zero-order valence-corrected chi connectivity index (χ0v) is 15.0. The molecule has 26 heavy (non-hydrogen) atoms. The fourth-order valence-corrected chi connectivity index (χ4v) is 4.13. The molecule has 0 aliphatic carbocycles. The van der Waals surface area contributed by atoms with Crippen molar-refractivity contribution < 1.29 is 31.1 Å². The second-order valence-corrected chi connectivity index (χ2v) is 8.15. The third kappa shape index (κ3) is 3.98. The Balaban J connectivity index is 2.24. The van der Waals surface area contributed by atoms with Crippen LogP contribution in [-0.4, -0.2) is 79.3 Å². The van der Waals surface area contributed by atoms with Gasteiger partial charge >= 0.3 is 12.2 Å². The summed E-state index contributed by atoms with van der Waals surface area (Å²) in [5.41, 5.74) is 0. The van der Waals surface area contributed by atoms with Crippen LogP contribution in [-0.2, 0) is 10.0 Å². The number of carbonyl (C=O) groups excluding carboxylic acids is 1. The number of anilines is 1. The van der Waals surface area contributed by atoms with Gasteiger partial charge in [0.2, 0.25) is 10.0 Å². The summed E-state index contributed by atoms with van der Waals surface area (Å²) >= 11 is 0. The molecule has 2 heterocycles. The zero-order chi connectivity index (χ0) is 19.7. The number of sulfonamides is 1. The smallest absolute Gasteiger partial charge is 0.394 e. The molecule has 1 fully saturated rings. The Bertz CT molecular complexity index is 771. The van der Waals surface area contributed by atoms with E-state index in [1.165, 1.54) is 13.3 Å². The van der Waals surface area contributed by atoms with Crippen LogP contribution in [0.3, 0.4) is 0 Å². The van der Waals surface area contributed by atoms with Crippen LogP contribution in [0.25, 0.3) is 0 Å². The predicted molar refractivity (Wildman–Crippen MR) is 85.1 cm³/mol. The van der Waals surface area contributed by atoms with Crippen LogP contribution in [0.4, 0.5) is 23.8 Å². The summed E-state index contributed by atoms with van der Waals surface area (Å²) in [4.78, 5) is 20.6. The van der Waals surface area contributed by atoms with Gasteiger partial charge in [-0.3, -0.25) is 5.32 Å². The molecule has 0 aromatic carbocycles. The van der Waals surface area contributed by atoms with Crippen molar-refractivity contribution in [3.8, 4) is 5.75 Å². The van der Waals surface area contributed by atoms with Crippen LogP contribution >= 0.6 is 0 Å². The lowest BCUT2D eigenvalue weighted by molar-refractivity contribution is -0.169. The number of rotatable bonds is 4. The van der Waals surface area contributed by atoms with E-state index in [1.807, 2.05) is 0 Å². The van der Waals surface area contributed by atoms with Crippen molar-refractivity contribution in [1.82, 2.24) is 19.2 Å². The average Bonchev–Trinajstić information content (AvgIpc) is 3.01. The number of carbonyl (C=O) groups is 1. The molecule has 1 aliphatic rings. The zero-order valence-electron chi connectivity index (χ0n) is 14.2. The van der Waals surface area contributed by atoms with E-state index in [-0.39, 0.29) is 11.6 Å². The van der Waals surface area contributed by atoms with E-state index < -0.39 is 46.5 Å². The summed E-state index contributed by atoms with van der Waals surface area (Å²) in [6, 6.07) is -0.910. The Hall–Kier alpha value is -2.15. The fourth-order valence-electron chi connectivity index (χ4n) is 2.57. The van der Waals surface area contributed by atoms with Gasteiger partial charge in [-0.1, -0.05) is 0 Å². The highest BCUT2D eigenvalue weighted by atomic mass is 32.2. The number of nitrogens with one attached hydrogen (secondary N) is 1. The number of likely N-dealkylation sites (tertiary alicyclic amines) is 1. The largest absolute Gasteiger partial charge is 0.491 e.